The number of fused-ring (bicyclic) bond motifs is 4. The van der Waals surface area contributed by atoms with Crippen molar-refractivity contribution in [2.24, 2.45) is 9.98 Å². The number of amides is 8. The lowest BCUT2D eigenvalue weighted by molar-refractivity contribution is -0.144. The minimum atomic E-state index is -2.61. The van der Waals surface area contributed by atoms with Crippen molar-refractivity contribution in [1.82, 2.24) is 108 Å². The number of nitrogens with one attached hydrogen (secondary N) is 2. The van der Waals surface area contributed by atoms with Gasteiger partial charge in [-0.1, -0.05) is 95.2 Å². The fourth-order valence-electron chi connectivity index (χ4n) is 20.6. The predicted octanol–water partition coefficient (Wildman–Crippen LogP) is 17.3. The van der Waals surface area contributed by atoms with Gasteiger partial charge in [0.2, 0.25) is 23.7 Å². The van der Waals surface area contributed by atoms with E-state index in [1.807, 2.05) is 63.3 Å². The van der Waals surface area contributed by atoms with E-state index >= 15 is 0 Å². The molecule has 9 aliphatic rings. The number of carbonyl (C=O) groups excluding carboxylic acids is 8. The summed E-state index contributed by atoms with van der Waals surface area (Å²) in [5.74, 6) is -9.62. The van der Waals surface area contributed by atoms with Crippen LogP contribution in [-0.2, 0) is 36.0 Å². The summed E-state index contributed by atoms with van der Waals surface area (Å²) in [6.07, 6.45) is 15.8. The number of aromatic amines is 1. The number of allylic oxidation sites excluding steroid dienone is 2. The number of imidazole rings is 4. The Morgan fingerprint density at radius 2 is 0.828 bits per heavy atom. The van der Waals surface area contributed by atoms with Gasteiger partial charge in [-0.25, -0.2) is 73.7 Å². The molecule has 0 atom stereocenters. The number of halogens is 7. The van der Waals surface area contributed by atoms with Crippen molar-refractivity contribution in [2.75, 3.05) is 65.4 Å². The number of alkyl halides is 6. The zero-order chi connectivity index (χ0) is 105. The molecule has 10 aromatic rings. The first kappa shape index (κ1) is 105. The van der Waals surface area contributed by atoms with Crippen LogP contribution in [0.5, 0.6) is 0 Å². The molecule has 4 saturated heterocycles. The highest BCUT2D eigenvalue weighted by Gasteiger charge is 2.51. The molecule has 0 bridgehead atoms. The number of piperazine rings is 4. The molecule has 15 heterocycles. The first-order valence-corrected chi connectivity index (χ1v) is 50.1. The van der Waals surface area contributed by atoms with Crippen LogP contribution in [0, 0.1) is 19.7 Å². The number of benzene rings is 1. The van der Waals surface area contributed by atoms with E-state index < -0.39 is 39.9 Å². The maximum absolute atomic E-state index is 14.4. The Hall–Kier alpha value is -13.0. The highest BCUT2D eigenvalue weighted by Crippen LogP contribution is 2.47. The van der Waals surface area contributed by atoms with Crippen molar-refractivity contribution >= 4 is 82.3 Å². The second kappa shape index (κ2) is 38.4. The maximum atomic E-state index is 14.4. The van der Waals surface area contributed by atoms with Gasteiger partial charge in [-0.3, -0.25) is 53.3 Å². The number of hydrogen-bond acceptors (Lipinski definition) is 19. The second-order valence-corrected chi connectivity index (χ2v) is 46.2. The molecule has 9 aromatic heterocycles. The monoisotopic (exact) mass is 2000 g/mol. The summed E-state index contributed by atoms with van der Waals surface area (Å²) in [5.41, 5.74) is 7.89. The standard InChI is InChI=1S/C29H34FN7O2.2C27H34F2N6O2.C23H31F2N5O2/c1-17-8-9-19(13-21(17)30)22-14-20(28(3,4)5)25-31-24(15-37(25)34-22)27(39)36-11-10-35(16-29(36,6)7)26(38)23-12-18(2)32-33-23;1-25(2,3)19-14-20(17-6-9-27(28,29)10-7-17)32-35-16-21(31-22(19)35)23(36)34-13-12-33(18-8-11-30-15-18)24(37)26(34,4)5;1-25(2,3)18-15-19(17-8-10-27(28,29)11-9-17)32-35-16-20(31-22(18)35)23(36)34-14-13-33(21-7-6-12-30-21)24(37)26(34,4)5;1-21(2,3)15-12-16(14-6-8-23(24,25)9-7-14)28-30-13-17(27-18(15)30)19(31)29-11-10-26-20(32)22(29,4)5/h8-9,12-15H,10-11,16H2,1-7H3,(H,32,33);8,14-17H,6-7,9-13H2,1-5H3;7,12,15-17H,6,8-11,13-14H2,1-5H3;12-14H,6-11H2,1-5H3,(H,26,32). The molecule has 39 heteroatoms. The lowest BCUT2D eigenvalue weighted by atomic mass is 9.82. The molecular weight excluding hydrogens is 1870 g/mol. The topological polar surface area (TPSA) is 345 Å². The Morgan fingerprint density at radius 3 is 1.21 bits per heavy atom. The van der Waals surface area contributed by atoms with Gasteiger partial charge in [0.25, 0.3) is 41.4 Å². The number of H-pyrrole nitrogens is 1. The zero-order valence-electron chi connectivity index (χ0n) is 87.0. The first-order valence-electron chi connectivity index (χ1n) is 50.1. The highest BCUT2D eigenvalue weighted by atomic mass is 19.3. The molecule has 145 heavy (non-hydrogen) atoms. The molecule has 6 aliphatic heterocycles. The van der Waals surface area contributed by atoms with Crippen molar-refractivity contribution in [2.45, 2.75) is 315 Å². The van der Waals surface area contributed by atoms with Crippen LogP contribution in [-0.4, -0.2) is 268 Å². The Bertz CT molecular complexity index is 6690. The highest BCUT2D eigenvalue weighted by molar-refractivity contribution is 6.03. The van der Waals surface area contributed by atoms with E-state index in [1.165, 1.54) is 11.0 Å². The number of aryl methyl sites for hydroxylation is 2. The average molecular weight is 2000 g/mol. The summed E-state index contributed by atoms with van der Waals surface area (Å²) in [7, 11) is 0. The molecule has 774 valence electrons. The van der Waals surface area contributed by atoms with E-state index in [2.05, 4.69) is 129 Å². The van der Waals surface area contributed by atoms with E-state index in [0.29, 0.717) is 161 Å². The van der Waals surface area contributed by atoms with Crippen molar-refractivity contribution in [3.63, 3.8) is 0 Å². The van der Waals surface area contributed by atoms with Gasteiger partial charge in [-0.2, -0.15) is 25.5 Å². The summed E-state index contributed by atoms with van der Waals surface area (Å²) in [6.45, 7) is 46.4. The van der Waals surface area contributed by atoms with Crippen molar-refractivity contribution in [1.29, 1.82) is 0 Å². The number of carbonyl (C=O) groups is 8. The van der Waals surface area contributed by atoms with Gasteiger partial charge in [0.15, 0.2) is 22.6 Å². The summed E-state index contributed by atoms with van der Waals surface area (Å²) in [6, 6.07) is 14.6. The van der Waals surface area contributed by atoms with Crippen LogP contribution in [0.4, 0.5) is 30.7 Å². The van der Waals surface area contributed by atoms with E-state index in [4.69, 9.17) is 20.3 Å². The first-order chi connectivity index (χ1) is 67.6. The molecule has 0 radical (unpaired) electrons. The van der Waals surface area contributed by atoms with Crippen LogP contribution in [0.2, 0.25) is 0 Å². The second-order valence-electron chi connectivity index (χ2n) is 46.2. The molecule has 32 nitrogen and oxygen atoms in total. The minimum Gasteiger partial charge on any atom is -0.352 e. The molecular formula is C106H133F7N24O8. The normalized spacial score (nSPS) is 20.3. The van der Waals surface area contributed by atoms with Gasteiger partial charge < -0.3 is 34.7 Å². The third-order valence-corrected chi connectivity index (χ3v) is 29.5. The van der Waals surface area contributed by atoms with Crippen LogP contribution in [0.1, 0.15) is 343 Å². The molecule has 2 N–H and O–H groups in total. The van der Waals surface area contributed by atoms with E-state index in [9.17, 15) is 69.1 Å². The van der Waals surface area contributed by atoms with E-state index in [-0.39, 0.29) is 154 Å². The Morgan fingerprint density at radius 1 is 0.434 bits per heavy atom. The number of aromatic nitrogens is 14. The number of aliphatic imine (C=N–C) groups is 2. The minimum absolute atomic E-state index is 0.0496. The molecule has 8 amide bonds. The van der Waals surface area contributed by atoms with Crippen molar-refractivity contribution in [3.05, 3.63) is 182 Å². The fourth-order valence-corrected chi connectivity index (χ4v) is 20.6. The quantitative estimate of drug-likeness (QED) is 0.114. The molecule has 3 saturated carbocycles. The molecule has 0 spiro atoms. The molecule has 0 unspecified atom stereocenters. The number of rotatable bonds is 11. The van der Waals surface area contributed by atoms with Gasteiger partial charge >= 0.3 is 0 Å². The largest absolute Gasteiger partial charge is 0.352 e. The summed E-state index contributed by atoms with van der Waals surface area (Å²) < 4.78 is 103. The molecule has 7 fully saturated rings. The third kappa shape index (κ3) is 21.4. The van der Waals surface area contributed by atoms with Crippen molar-refractivity contribution < 1.29 is 69.1 Å². The van der Waals surface area contributed by atoms with Crippen molar-refractivity contribution in [3.8, 4) is 11.3 Å². The zero-order valence-corrected chi connectivity index (χ0v) is 87.0. The Labute approximate surface area is 839 Å². The molecule has 1 aromatic carbocycles. The smallest absolute Gasteiger partial charge is 0.275 e. The van der Waals surface area contributed by atoms with Gasteiger partial charge in [-0.05, 0) is 184 Å². The lowest BCUT2D eigenvalue weighted by Gasteiger charge is -2.46. The van der Waals surface area contributed by atoms with Crippen LogP contribution in [0.3, 0.4) is 0 Å². The van der Waals surface area contributed by atoms with Gasteiger partial charge in [0.05, 0.1) is 65.3 Å². The maximum Gasteiger partial charge on any atom is 0.275 e. The number of nitrogens with zero attached hydrogens (tertiary/aromatic N) is 22. The average Bonchev–Trinajstić information content (AvgIpc) is 1.63. The summed E-state index contributed by atoms with van der Waals surface area (Å²) in [4.78, 5) is 145. The Balaban J connectivity index is 0.000000139. The lowest BCUT2D eigenvalue weighted by Crippen LogP contribution is -2.64. The van der Waals surface area contributed by atoms with Gasteiger partial charge in [0, 0.05) is 168 Å². The van der Waals surface area contributed by atoms with Gasteiger partial charge in [-0.15, -0.1) is 0 Å². The molecule has 3 aliphatic carbocycles. The van der Waals surface area contributed by atoms with Crippen LogP contribution in [0.25, 0.3) is 33.8 Å². The number of hydrogen-bond donors (Lipinski definition) is 2. The van der Waals surface area contributed by atoms with E-state index in [0.717, 1.165) is 50.7 Å². The predicted molar refractivity (Wildman–Crippen MR) is 534 cm³/mol. The Kier molecular flexibility index (Phi) is 27.8. The third-order valence-electron chi connectivity index (χ3n) is 29.5. The van der Waals surface area contributed by atoms with Gasteiger partial charge in [0.1, 0.15) is 56.7 Å². The van der Waals surface area contributed by atoms with Crippen LogP contribution in [0.15, 0.2) is 107 Å². The fraction of sp³-hybridized carbons (Fsp3) is 0.557. The molecule has 19 rings (SSSR count). The summed E-state index contributed by atoms with van der Waals surface area (Å²) >= 11 is 0. The van der Waals surface area contributed by atoms with Crippen LogP contribution < -0.4 is 5.32 Å². The summed E-state index contributed by atoms with van der Waals surface area (Å²) in [5, 5.41) is 28.5. The van der Waals surface area contributed by atoms with Crippen LogP contribution >= 0.6 is 0 Å². The SMILES string of the molecule is CC(C)(C)c1cc(C2CCC(F)(F)CC2)nn2cc(C(=O)N3CCN(C4=CCC=N4)C(=O)C3(C)C)nc12.CC(C)(C)c1cc(C2CCC(F)(F)CC2)nn2cc(C(=O)N3CCN(C4=CCN=C4)C(=O)C3(C)C)nc12.CC(C)(C)c1cc(C2CCC(F)(F)CC2)nn2cc(C(=O)N3CCNC(=O)C3(C)C)nc12.Cc1cc(C(=O)N2CCN(C(=O)c3cn4nc(-c5ccc(C)c(F)c5)cc(C(C)(C)C)c4n3)C(C)(C)C2)n[nH]1. The van der Waals surface area contributed by atoms with E-state index in [1.54, 1.807) is 145 Å².